The molecule has 7 heteroatoms. The molecule has 1 aromatic carbocycles. The van der Waals surface area contributed by atoms with Gasteiger partial charge in [-0.3, -0.25) is 0 Å². The lowest BCUT2D eigenvalue weighted by Gasteiger charge is -2.39. The Hall–Kier alpha value is -0.620. The first-order valence-electron chi connectivity index (χ1n) is 6.66. The van der Waals surface area contributed by atoms with E-state index in [1.54, 1.807) is 6.07 Å². The summed E-state index contributed by atoms with van der Waals surface area (Å²) in [7, 11) is 2.02. The molecule has 0 saturated carbocycles. The lowest BCUT2D eigenvalue weighted by Crippen LogP contribution is -2.46. The van der Waals surface area contributed by atoms with Gasteiger partial charge in [0, 0.05) is 18.6 Å². The lowest BCUT2D eigenvalue weighted by atomic mass is 9.97. The van der Waals surface area contributed by atoms with Gasteiger partial charge in [0.15, 0.2) is 0 Å². The summed E-state index contributed by atoms with van der Waals surface area (Å²) in [5.74, 6) is 0. The van der Waals surface area contributed by atoms with Gasteiger partial charge in [-0.25, -0.2) is 0 Å². The van der Waals surface area contributed by atoms with E-state index in [4.69, 9.17) is 23.2 Å². The number of hydrogen-bond donors (Lipinski definition) is 1. The summed E-state index contributed by atoms with van der Waals surface area (Å²) in [4.78, 5) is 2.33. The van der Waals surface area contributed by atoms with E-state index in [9.17, 15) is 0 Å². The van der Waals surface area contributed by atoms with Gasteiger partial charge < -0.3 is 10.2 Å². The minimum atomic E-state index is 0.407. The molecule has 2 unspecified atom stereocenters. The zero-order valence-corrected chi connectivity index (χ0v) is 13.7. The van der Waals surface area contributed by atoms with Gasteiger partial charge in [0.25, 0.3) is 0 Å². The summed E-state index contributed by atoms with van der Waals surface area (Å²) in [6, 6.07) is 2.75. The minimum absolute atomic E-state index is 0.407. The first-order valence-corrected chi connectivity index (χ1v) is 8.14. The van der Waals surface area contributed by atoms with Crippen molar-refractivity contribution in [2.75, 3.05) is 18.5 Å². The van der Waals surface area contributed by atoms with Crippen LogP contribution in [-0.4, -0.2) is 34.4 Å². The van der Waals surface area contributed by atoms with Crippen molar-refractivity contribution in [2.24, 2.45) is 0 Å². The number of nitrogens with zero attached hydrogens (tertiary/aromatic N) is 3. The predicted molar refractivity (Wildman–Crippen MR) is 86.3 cm³/mol. The summed E-state index contributed by atoms with van der Waals surface area (Å²) in [6.07, 6.45) is 2.19. The van der Waals surface area contributed by atoms with E-state index < -0.39 is 0 Å². The van der Waals surface area contributed by atoms with Crippen LogP contribution in [0.25, 0.3) is 11.0 Å². The fourth-order valence-corrected chi connectivity index (χ4v) is 4.12. The van der Waals surface area contributed by atoms with Gasteiger partial charge in [-0.1, -0.05) is 23.2 Å². The Kier molecular flexibility index (Phi) is 4.04. The van der Waals surface area contributed by atoms with E-state index in [0.29, 0.717) is 22.1 Å². The summed E-state index contributed by atoms with van der Waals surface area (Å²) < 4.78 is 8.67. The summed E-state index contributed by atoms with van der Waals surface area (Å²) in [5, 5.41) is 4.58. The fraction of sp³-hybridized carbons (Fsp3) is 0.538. The largest absolute Gasteiger partial charge is 0.366 e. The topological polar surface area (TPSA) is 41.0 Å². The van der Waals surface area contributed by atoms with Crippen molar-refractivity contribution in [1.29, 1.82) is 0 Å². The first kappa shape index (κ1) is 14.3. The average molecular weight is 331 g/mol. The molecule has 1 saturated heterocycles. The summed E-state index contributed by atoms with van der Waals surface area (Å²) >= 11 is 13.8. The Balaban J connectivity index is 2.04. The second-order valence-electron chi connectivity index (χ2n) is 5.20. The average Bonchev–Trinajstić information content (AvgIpc) is 2.90. The highest BCUT2D eigenvalue weighted by molar-refractivity contribution is 7.00. The third kappa shape index (κ3) is 2.37. The summed E-state index contributed by atoms with van der Waals surface area (Å²) in [5.41, 5.74) is 2.54. The molecule has 1 aromatic heterocycles. The number of nitrogens with one attached hydrogen (secondary N) is 1. The molecule has 1 fully saturated rings. The van der Waals surface area contributed by atoms with Crippen LogP contribution in [0.4, 0.5) is 5.69 Å². The highest BCUT2D eigenvalue weighted by Gasteiger charge is 2.28. The fourth-order valence-electron chi connectivity index (χ4n) is 2.90. The Labute approximate surface area is 132 Å². The second-order valence-corrected chi connectivity index (χ2v) is 6.55. The number of aromatic nitrogens is 2. The lowest BCUT2D eigenvalue weighted by molar-refractivity contribution is 0.387. The molecule has 0 amide bonds. The third-order valence-corrected chi connectivity index (χ3v) is 5.10. The number of piperidine rings is 1. The molecule has 0 bridgehead atoms. The number of fused-ring (bicyclic) bond motifs is 1. The highest BCUT2D eigenvalue weighted by Crippen LogP contribution is 2.40. The minimum Gasteiger partial charge on any atom is -0.366 e. The van der Waals surface area contributed by atoms with Crippen LogP contribution < -0.4 is 10.2 Å². The molecule has 2 heterocycles. The van der Waals surface area contributed by atoms with E-state index in [2.05, 4.69) is 25.9 Å². The highest BCUT2D eigenvalue weighted by atomic mass is 35.5. The number of anilines is 1. The maximum Gasteiger partial charge on any atom is 0.131 e. The molecule has 3 rings (SSSR count). The zero-order valence-electron chi connectivity index (χ0n) is 11.4. The number of rotatable bonds is 2. The maximum atomic E-state index is 6.43. The molecule has 0 radical (unpaired) electrons. The van der Waals surface area contributed by atoms with Crippen LogP contribution in [0, 0.1) is 0 Å². The number of halogens is 2. The van der Waals surface area contributed by atoms with Gasteiger partial charge in [-0.05, 0) is 32.9 Å². The van der Waals surface area contributed by atoms with Crippen LogP contribution in [0.5, 0.6) is 0 Å². The van der Waals surface area contributed by atoms with Crippen molar-refractivity contribution in [1.82, 2.24) is 14.1 Å². The Morgan fingerprint density at radius 1 is 1.30 bits per heavy atom. The van der Waals surface area contributed by atoms with Crippen molar-refractivity contribution in [3.05, 3.63) is 16.1 Å². The van der Waals surface area contributed by atoms with Crippen LogP contribution >= 0.6 is 34.9 Å². The first-order chi connectivity index (χ1) is 9.61. The van der Waals surface area contributed by atoms with E-state index in [-0.39, 0.29) is 0 Å². The molecule has 108 valence electrons. The zero-order chi connectivity index (χ0) is 14.3. The molecular formula is C13H16Cl2N4S. The standard InChI is InChI=1S/C13H16Cl2N4S/c1-7-5-8(16-2)3-4-19(7)13-10(15)6-9(14)11-12(13)18-20-17-11/h6-8,16H,3-5H2,1-2H3. The van der Waals surface area contributed by atoms with E-state index in [0.717, 1.165) is 36.1 Å². The van der Waals surface area contributed by atoms with Crippen LogP contribution in [-0.2, 0) is 0 Å². The van der Waals surface area contributed by atoms with E-state index >= 15 is 0 Å². The molecule has 1 N–H and O–H groups in total. The van der Waals surface area contributed by atoms with E-state index in [1.165, 1.54) is 11.7 Å². The van der Waals surface area contributed by atoms with Gasteiger partial charge >= 0.3 is 0 Å². The Bertz CT molecular complexity index is 630. The number of hydrogen-bond acceptors (Lipinski definition) is 5. The Morgan fingerprint density at radius 3 is 2.75 bits per heavy atom. The van der Waals surface area contributed by atoms with Gasteiger partial charge in [0.1, 0.15) is 11.0 Å². The van der Waals surface area contributed by atoms with Crippen molar-refractivity contribution in [2.45, 2.75) is 31.8 Å². The second kappa shape index (κ2) is 5.64. The molecule has 1 aliphatic rings. The molecule has 0 aliphatic carbocycles. The monoisotopic (exact) mass is 330 g/mol. The van der Waals surface area contributed by atoms with Gasteiger partial charge in [-0.2, -0.15) is 8.75 Å². The third-order valence-electron chi connectivity index (χ3n) is 3.99. The van der Waals surface area contributed by atoms with Crippen LogP contribution in [0.15, 0.2) is 6.07 Å². The van der Waals surface area contributed by atoms with Gasteiger partial charge in [0.05, 0.1) is 27.5 Å². The van der Waals surface area contributed by atoms with Crippen molar-refractivity contribution < 1.29 is 0 Å². The molecule has 2 aromatic rings. The number of benzene rings is 1. The molecule has 2 atom stereocenters. The van der Waals surface area contributed by atoms with Crippen molar-refractivity contribution in [3.63, 3.8) is 0 Å². The Morgan fingerprint density at radius 2 is 2.05 bits per heavy atom. The molecule has 0 spiro atoms. The molecule has 20 heavy (non-hydrogen) atoms. The molecule has 1 aliphatic heterocycles. The van der Waals surface area contributed by atoms with Crippen LogP contribution in [0.3, 0.4) is 0 Å². The molecular weight excluding hydrogens is 315 g/mol. The van der Waals surface area contributed by atoms with Gasteiger partial charge in [0.2, 0.25) is 0 Å². The quantitative estimate of drug-likeness (QED) is 0.913. The molecule has 4 nitrogen and oxygen atoms in total. The summed E-state index contributed by atoms with van der Waals surface area (Å²) in [6.45, 7) is 3.18. The van der Waals surface area contributed by atoms with Crippen LogP contribution in [0.1, 0.15) is 19.8 Å². The predicted octanol–water partition coefficient (Wildman–Crippen LogP) is 3.57. The normalized spacial score (nSPS) is 23.5. The maximum absolute atomic E-state index is 6.43. The SMILES string of the molecule is CNC1CCN(c2c(Cl)cc(Cl)c3nsnc23)C(C)C1. The smallest absolute Gasteiger partial charge is 0.131 e. The van der Waals surface area contributed by atoms with E-state index in [1.807, 2.05) is 7.05 Å². The van der Waals surface area contributed by atoms with Crippen molar-refractivity contribution >= 4 is 51.7 Å². The van der Waals surface area contributed by atoms with Crippen LogP contribution in [0.2, 0.25) is 10.0 Å². The van der Waals surface area contributed by atoms with Gasteiger partial charge in [-0.15, -0.1) is 0 Å². The van der Waals surface area contributed by atoms with Crippen molar-refractivity contribution in [3.8, 4) is 0 Å².